The van der Waals surface area contributed by atoms with Crippen molar-refractivity contribution in [2.24, 2.45) is 0 Å². The van der Waals surface area contributed by atoms with Crippen LogP contribution in [0.4, 0.5) is 0 Å². The van der Waals surface area contributed by atoms with Crippen LogP contribution in [0.15, 0.2) is 29.4 Å². The SMILES string of the molecule is CCCCn1nnnc1CSc1nnnn1Cc1ccc(OC)cc1. The quantitative estimate of drug-likeness (QED) is 0.533. The summed E-state index contributed by atoms with van der Waals surface area (Å²) >= 11 is 1.52. The van der Waals surface area contributed by atoms with Crippen molar-refractivity contribution in [3.63, 3.8) is 0 Å². The molecule has 0 aliphatic carbocycles. The molecule has 3 rings (SSSR count). The van der Waals surface area contributed by atoms with Gasteiger partial charge in [0.05, 0.1) is 19.4 Å². The molecule has 0 saturated carbocycles. The van der Waals surface area contributed by atoms with E-state index >= 15 is 0 Å². The van der Waals surface area contributed by atoms with Gasteiger partial charge in [-0.3, -0.25) is 0 Å². The van der Waals surface area contributed by atoms with E-state index in [-0.39, 0.29) is 0 Å². The number of benzene rings is 1. The van der Waals surface area contributed by atoms with E-state index in [1.54, 1.807) is 11.8 Å². The predicted octanol–water partition coefficient (Wildman–Crippen LogP) is 1.81. The van der Waals surface area contributed by atoms with Crippen molar-refractivity contribution in [3.8, 4) is 5.75 Å². The molecule has 1 aromatic carbocycles. The summed E-state index contributed by atoms with van der Waals surface area (Å²) in [5.74, 6) is 2.28. The molecular weight excluding hydrogens is 340 g/mol. The van der Waals surface area contributed by atoms with Crippen LogP contribution >= 0.6 is 11.8 Å². The van der Waals surface area contributed by atoms with Crippen LogP contribution in [0, 0.1) is 0 Å². The van der Waals surface area contributed by atoms with Gasteiger partial charge < -0.3 is 4.74 Å². The largest absolute Gasteiger partial charge is 0.497 e. The van der Waals surface area contributed by atoms with Crippen LogP contribution in [-0.2, 0) is 18.8 Å². The minimum absolute atomic E-state index is 0.597. The fraction of sp³-hybridized carbons (Fsp3) is 0.467. The first-order valence-corrected chi connectivity index (χ1v) is 9.05. The highest BCUT2D eigenvalue weighted by atomic mass is 32.2. The lowest BCUT2D eigenvalue weighted by atomic mass is 10.2. The van der Waals surface area contributed by atoms with Gasteiger partial charge in [-0.15, -0.1) is 10.2 Å². The van der Waals surface area contributed by atoms with Crippen molar-refractivity contribution >= 4 is 11.8 Å². The van der Waals surface area contributed by atoms with Crippen molar-refractivity contribution in [2.75, 3.05) is 7.11 Å². The van der Waals surface area contributed by atoms with Gasteiger partial charge in [-0.1, -0.05) is 37.2 Å². The molecule has 0 N–H and O–H groups in total. The van der Waals surface area contributed by atoms with Gasteiger partial charge in [0, 0.05) is 6.54 Å². The Bertz CT molecular complexity index is 785. The normalized spacial score (nSPS) is 11.0. The minimum atomic E-state index is 0.597. The van der Waals surface area contributed by atoms with E-state index in [1.165, 1.54) is 11.8 Å². The Morgan fingerprint density at radius 2 is 1.80 bits per heavy atom. The molecule has 25 heavy (non-hydrogen) atoms. The Morgan fingerprint density at radius 1 is 1.04 bits per heavy atom. The van der Waals surface area contributed by atoms with E-state index in [1.807, 2.05) is 28.9 Å². The van der Waals surface area contributed by atoms with Crippen LogP contribution in [-0.4, -0.2) is 47.5 Å². The average molecular weight is 360 g/mol. The van der Waals surface area contributed by atoms with Gasteiger partial charge in [0.15, 0.2) is 5.82 Å². The van der Waals surface area contributed by atoms with Crippen molar-refractivity contribution in [1.82, 2.24) is 40.4 Å². The van der Waals surface area contributed by atoms with Crippen molar-refractivity contribution < 1.29 is 4.74 Å². The zero-order chi connectivity index (χ0) is 17.5. The Balaban J connectivity index is 1.62. The maximum atomic E-state index is 5.17. The summed E-state index contributed by atoms with van der Waals surface area (Å²) in [7, 11) is 1.65. The summed E-state index contributed by atoms with van der Waals surface area (Å²) < 4.78 is 8.79. The molecule has 0 radical (unpaired) electrons. The second kappa shape index (κ2) is 8.56. The highest BCUT2D eigenvalue weighted by Gasteiger charge is 2.11. The molecule has 0 amide bonds. The number of methoxy groups -OCH3 is 1. The molecule has 0 aliphatic rings. The maximum Gasteiger partial charge on any atom is 0.210 e. The number of unbranched alkanes of at least 4 members (excludes halogenated alkanes) is 1. The summed E-state index contributed by atoms with van der Waals surface area (Å²) in [6.45, 7) is 3.57. The van der Waals surface area contributed by atoms with Crippen LogP contribution in [0.2, 0.25) is 0 Å². The molecule has 132 valence electrons. The van der Waals surface area contributed by atoms with Gasteiger partial charge in [-0.2, -0.15) is 0 Å². The molecule has 0 aliphatic heterocycles. The average Bonchev–Trinajstić information content (AvgIpc) is 3.27. The van der Waals surface area contributed by atoms with Crippen LogP contribution in [0.5, 0.6) is 5.75 Å². The Kier molecular flexibility index (Phi) is 5.94. The smallest absolute Gasteiger partial charge is 0.210 e. The number of tetrazole rings is 2. The van der Waals surface area contributed by atoms with Gasteiger partial charge in [-0.05, 0) is 45.0 Å². The second-order valence-corrected chi connectivity index (χ2v) is 6.37. The van der Waals surface area contributed by atoms with Crippen molar-refractivity contribution in [1.29, 1.82) is 0 Å². The third-order valence-corrected chi connectivity index (χ3v) is 4.60. The first kappa shape index (κ1) is 17.3. The number of thioether (sulfide) groups is 1. The van der Waals surface area contributed by atoms with Gasteiger partial charge in [-0.25, -0.2) is 9.36 Å². The summed E-state index contributed by atoms with van der Waals surface area (Å²) in [6.07, 6.45) is 2.16. The summed E-state index contributed by atoms with van der Waals surface area (Å²) in [4.78, 5) is 0. The maximum absolute atomic E-state index is 5.17. The van der Waals surface area contributed by atoms with E-state index in [9.17, 15) is 0 Å². The minimum Gasteiger partial charge on any atom is -0.497 e. The fourth-order valence-electron chi connectivity index (χ4n) is 2.24. The van der Waals surface area contributed by atoms with Crippen molar-refractivity contribution in [3.05, 3.63) is 35.7 Å². The molecule has 0 saturated heterocycles. The standard InChI is InChI=1S/C15H20N8OS/c1-3-4-9-22-14(16-18-20-22)11-25-15-17-19-21-23(15)10-12-5-7-13(24-2)8-6-12/h5-8H,3-4,9-11H2,1-2H3. The number of hydrogen-bond donors (Lipinski definition) is 0. The predicted molar refractivity (Wildman–Crippen MR) is 92.2 cm³/mol. The third-order valence-electron chi connectivity index (χ3n) is 3.65. The van der Waals surface area contributed by atoms with Gasteiger partial charge in [0.1, 0.15) is 5.75 Å². The number of aromatic nitrogens is 8. The highest BCUT2D eigenvalue weighted by molar-refractivity contribution is 7.98. The molecule has 0 atom stereocenters. The molecule has 10 heteroatoms. The Hall–Kier alpha value is -2.49. The van der Waals surface area contributed by atoms with Crippen LogP contribution < -0.4 is 4.74 Å². The van der Waals surface area contributed by atoms with Crippen LogP contribution in [0.3, 0.4) is 0 Å². The Morgan fingerprint density at radius 3 is 2.56 bits per heavy atom. The monoisotopic (exact) mass is 360 g/mol. The molecule has 0 spiro atoms. The third kappa shape index (κ3) is 4.53. The Labute approximate surface area is 149 Å². The van der Waals surface area contributed by atoms with E-state index < -0.39 is 0 Å². The molecule has 3 aromatic rings. The first-order chi connectivity index (χ1) is 12.3. The number of rotatable bonds is 9. The lowest BCUT2D eigenvalue weighted by Gasteiger charge is -2.06. The summed E-state index contributed by atoms with van der Waals surface area (Å²) in [6, 6.07) is 7.85. The van der Waals surface area contributed by atoms with E-state index in [4.69, 9.17) is 4.74 Å². The molecule has 0 fully saturated rings. The molecule has 2 aromatic heterocycles. The zero-order valence-electron chi connectivity index (χ0n) is 14.2. The van der Waals surface area contributed by atoms with E-state index in [0.717, 1.165) is 41.7 Å². The number of ether oxygens (including phenoxy) is 1. The molecule has 0 unspecified atom stereocenters. The van der Waals surface area contributed by atoms with Gasteiger partial charge >= 0.3 is 0 Å². The summed E-state index contributed by atoms with van der Waals surface area (Å²) in [5, 5.41) is 24.6. The lowest BCUT2D eigenvalue weighted by molar-refractivity contribution is 0.414. The second-order valence-electron chi connectivity index (χ2n) is 5.43. The highest BCUT2D eigenvalue weighted by Crippen LogP contribution is 2.20. The molecular formula is C15H20N8OS. The number of hydrogen-bond acceptors (Lipinski definition) is 8. The lowest BCUT2D eigenvalue weighted by Crippen LogP contribution is -2.07. The number of nitrogens with zero attached hydrogens (tertiary/aromatic N) is 8. The topological polar surface area (TPSA) is 96.4 Å². The van der Waals surface area contributed by atoms with E-state index in [0.29, 0.717) is 12.3 Å². The first-order valence-electron chi connectivity index (χ1n) is 8.07. The van der Waals surface area contributed by atoms with Crippen LogP contribution in [0.25, 0.3) is 0 Å². The molecule has 0 bridgehead atoms. The molecule has 9 nitrogen and oxygen atoms in total. The van der Waals surface area contributed by atoms with Gasteiger partial charge in [0.25, 0.3) is 0 Å². The summed E-state index contributed by atoms with van der Waals surface area (Å²) in [5.41, 5.74) is 1.10. The molecule has 2 heterocycles. The zero-order valence-corrected chi connectivity index (χ0v) is 15.1. The van der Waals surface area contributed by atoms with Crippen molar-refractivity contribution in [2.45, 2.75) is 43.8 Å². The number of aryl methyl sites for hydroxylation is 1. The fourth-order valence-corrected chi connectivity index (χ4v) is 3.05. The van der Waals surface area contributed by atoms with Crippen LogP contribution in [0.1, 0.15) is 31.2 Å². The van der Waals surface area contributed by atoms with E-state index in [2.05, 4.69) is 38.0 Å². The van der Waals surface area contributed by atoms with Gasteiger partial charge in [0.2, 0.25) is 5.16 Å².